The van der Waals surface area contributed by atoms with Crippen LogP contribution in [0.3, 0.4) is 0 Å². The van der Waals surface area contributed by atoms with Gasteiger partial charge in [0.05, 0.1) is 0 Å². The largest absolute Gasteiger partial charge is 0.356 e. The smallest absolute Gasteiger partial charge is 0.223 e. The highest BCUT2D eigenvalue weighted by Crippen LogP contribution is 2.89. The number of amides is 1. The molecule has 7 rings (SSSR count). The lowest BCUT2D eigenvalue weighted by Gasteiger charge is -2.16. The average molecular weight is 229 g/mol. The molecule has 0 saturated heterocycles. The van der Waals surface area contributed by atoms with Gasteiger partial charge in [0.25, 0.3) is 0 Å². The lowest BCUT2D eigenvalue weighted by Crippen LogP contribution is -2.30. The van der Waals surface area contributed by atoms with Crippen molar-refractivity contribution in [2.45, 2.75) is 19.3 Å². The quantitative estimate of drug-likeness (QED) is 0.781. The fourth-order valence-corrected chi connectivity index (χ4v) is 6.75. The number of carbonyl (C=O) groups is 1. The zero-order valence-corrected chi connectivity index (χ0v) is 10.0. The topological polar surface area (TPSA) is 29.1 Å². The number of carbonyl (C=O) groups excluding carboxylic acids is 1. The molecule has 0 aromatic carbocycles. The molecule has 0 aromatic heterocycles. The second kappa shape index (κ2) is 2.31. The molecule has 1 N–H and O–H groups in total. The van der Waals surface area contributed by atoms with Gasteiger partial charge < -0.3 is 5.32 Å². The van der Waals surface area contributed by atoms with E-state index in [1.165, 1.54) is 12.8 Å². The summed E-state index contributed by atoms with van der Waals surface area (Å²) in [4.78, 5) is 12.2. The third kappa shape index (κ3) is 0.794. The molecule has 7 aliphatic rings. The summed E-state index contributed by atoms with van der Waals surface area (Å²) in [5.74, 6) is 9.86. The minimum atomic E-state index is 0.431. The number of hydrogen-bond acceptors (Lipinski definition) is 1. The van der Waals surface area contributed by atoms with Crippen LogP contribution in [0.1, 0.15) is 19.3 Å². The molecule has 1 amide bonds. The summed E-state index contributed by atoms with van der Waals surface area (Å²) in [6, 6.07) is 0. The van der Waals surface area contributed by atoms with Crippen molar-refractivity contribution in [3.05, 3.63) is 0 Å². The van der Waals surface area contributed by atoms with Crippen molar-refractivity contribution in [2.24, 2.45) is 59.2 Å². The summed E-state index contributed by atoms with van der Waals surface area (Å²) < 4.78 is 0. The second-order valence-corrected chi connectivity index (χ2v) is 7.74. The second-order valence-electron chi connectivity index (χ2n) is 7.74. The van der Waals surface area contributed by atoms with E-state index in [2.05, 4.69) is 5.32 Å². The van der Waals surface area contributed by atoms with Crippen molar-refractivity contribution in [3.63, 3.8) is 0 Å². The monoisotopic (exact) mass is 229 g/mol. The van der Waals surface area contributed by atoms with Gasteiger partial charge >= 0.3 is 0 Å². The molecule has 0 unspecified atom stereocenters. The van der Waals surface area contributed by atoms with E-state index in [0.717, 1.165) is 59.8 Å². The van der Waals surface area contributed by atoms with Crippen LogP contribution in [0.25, 0.3) is 0 Å². The Hall–Kier alpha value is -0.530. The fraction of sp³-hybridized carbons (Fsp3) is 0.933. The van der Waals surface area contributed by atoms with Crippen LogP contribution in [0, 0.1) is 59.2 Å². The van der Waals surface area contributed by atoms with Crippen molar-refractivity contribution in [2.75, 3.05) is 6.54 Å². The zero-order valence-electron chi connectivity index (χ0n) is 10.0. The first-order valence-electron chi connectivity index (χ1n) is 7.64. The van der Waals surface area contributed by atoms with Crippen molar-refractivity contribution < 1.29 is 4.79 Å². The molecule has 0 aromatic rings. The third-order valence-corrected chi connectivity index (χ3v) is 7.30. The molecule has 2 heteroatoms. The first-order valence-corrected chi connectivity index (χ1v) is 7.64. The van der Waals surface area contributed by atoms with Gasteiger partial charge in [-0.25, -0.2) is 0 Å². The number of hydrogen-bond donors (Lipinski definition) is 1. The molecular weight excluding hydrogens is 210 g/mol. The van der Waals surface area contributed by atoms with Crippen LogP contribution in [0.5, 0.6) is 0 Å². The molecule has 17 heavy (non-hydrogen) atoms. The van der Waals surface area contributed by atoms with E-state index in [4.69, 9.17) is 0 Å². The Morgan fingerprint density at radius 2 is 1.53 bits per heavy atom. The van der Waals surface area contributed by atoms with E-state index in [0.29, 0.717) is 11.8 Å². The van der Waals surface area contributed by atoms with Crippen LogP contribution in [-0.4, -0.2) is 12.5 Å². The molecule has 7 fully saturated rings. The Morgan fingerprint density at radius 1 is 0.941 bits per heavy atom. The first-order chi connectivity index (χ1) is 8.36. The molecule has 0 aliphatic heterocycles. The molecule has 6 atom stereocenters. The van der Waals surface area contributed by atoms with Crippen LogP contribution >= 0.6 is 0 Å². The SMILES string of the molecule is O=C(NCC1CC1)C1[C@@H]2[C@H]3C4CC5[C@H]3[C@H]5[C@H]4[C@@H]12. The molecular formula is C15H19NO. The Kier molecular flexibility index (Phi) is 1.16. The summed E-state index contributed by atoms with van der Waals surface area (Å²) >= 11 is 0. The molecule has 90 valence electrons. The standard InChI is InChI=1S/C15H19NO/c17-15(16-4-5-1-2-5)14-12-10-7-3-6-8(10)9(6)11(7)13(12)14/h5-14H,1-4H2,(H,16,17)/t6?,7?,8-,9-,10-,11-,12+,13+,14?/m0/s1. The summed E-state index contributed by atoms with van der Waals surface area (Å²) in [7, 11) is 0. The fourth-order valence-electron chi connectivity index (χ4n) is 6.75. The van der Waals surface area contributed by atoms with E-state index in [1.807, 2.05) is 0 Å². The van der Waals surface area contributed by atoms with Crippen molar-refractivity contribution >= 4 is 5.91 Å². The molecule has 7 saturated carbocycles. The first kappa shape index (κ1) is 8.55. The van der Waals surface area contributed by atoms with Gasteiger partial charge in [0.2, 0.25) is 5.91 Å². The highest BCUT2D eigenvalue weighted by atomic mass is 16.2. The van der Waals surface area contributed by atoms with Gasteiger partial charge in [-0.15, -0.1) is 0 Å². The summed E-state index contributed by atoms with van der Waals surface area (Å²) in [5.41, 5.74) is 0. The minimum absolute atomic E-state index is 0.431. The predicted octanol–water partition coefficient (Wildman–Crippen LogP) is 1.52. The molecule has 6 bridgehead atoms. The molecule has 2 nitrogen and oxygen atoms in total. The third-order valence-electron chi connectivity index (χ3n) is 7.30. The Labute approximate surface area is 102 Å². The highest BCUT2D eigenvalue weighted by molar-refractivity contribution is 5.83. The lowest BCUT2D eigenvalue weighted by molar-refractivity contribution is -0.123. The van der Waals surface area contributed by atoms with Gasteiger partial charge in [-0.2, -0.15) is 0 Å². The zero-order chi connectivity index (χ0) is 10.9. The Bertz CT molecular complexity index is 418. The molecule has 0 heterocycles. The number of fused-ring (bicyclic) bond motifs is 1. The van der Waals surface area contributed by atoms with Gasteiger partial charge in [-0.3, -0.25) is 4.79 Å². The van der Waals surface area contributed by atoms with Crippen LogP contribution in [0.2, 0.25) is 0 Å². The normalized spacial score (nSPS) is 66.9. The van der Waals surface area contributed by atoms with Crippen molar-refractivity contribution in [1.29, 1.82) is 0 Å². The molecule has 0 radical (unpaired) electrons. The summed E-state index contributed by atoms with van der Waals surface area (Å²) in [5, 5.41) is 3.22. The predicted molar refractivity (Wildman–Crippen MR) is 61.8 cm³/mol. The Morgan fingerprint density at radius 3 is 2.06 bits per heavy atom. The summed E-state index contributed by atoms with van der Waals surface area (Å²) in [6.45, 7) is 0.975. The van der Waals surface area contributed by atoms with Gasteiger partial charge in [-0.1, -0.05) is 0 Å². The van der Waals surface area contributed by atoms with Gasteiger partial charge in [0.15, 0.2) is 0 Å². The number of rotatable bonds is 3. The van der Waals surface area contributed by atoms with Crippen LogP contribution in [0.15, 0.2) is 0 Å². The van der Waals surface area contributed by atoms with Crippen molar-refractivity contribution in [1.82, 2.24) is 5.32 Å². The average Bonchev–Trinajstić information content (AvgIpc) is 3.28. The summed E-state index contributed by atoms with van der Waals surface area (Å²) in [6.07, 6.45) is 4.24. The van der Waals surface area contributed by atoms with Crippen LogP contribution < -0.4 is 5.32 Å². The van der Waals surface area contributed by atoms with Crippen molar-refractivity contribution in [3.8, 4) is 0 Å². The maximum atomic E-state index is 12.2. The van der Waals surface area contributed by atoms with Crippen LogP contribution in [-0.2, 0) is 4.79 Å². The molecule has 0 spiro atoms. The lowest BCUT2D eigenvalue weighted by atomic mass is 9.91. The van der Waals surface area contributed by atoms with Crippen LogP contribution in [0.4, 0.5) is 0 Å². The van der Waals surface area contributed by atoms with Gasteiger partial charge in [-0.05, 0) is 72.5 Å². The maximum absolute atomic E-state index is 12.2. The van der Waals surface area contributed by atoms with E-state index in [-0.39, 0.29) is 0 Å². The highest BCUT2D eigenvalue weighted by Gasteiger charge is 2.87. The van der Waals surface area contributed by atoms with Gasteiger partial charge in [0, 0.05) is 12.5 Å². The minimum Gasteiger partial charge on any atom is -0.356 e. The van der Waals surface area contributed by atoms with E-state index < -0.39 is 0 Å². The number of nitrogens with one attached hydrogen (secondary N) is 1. The van der Waals surface area contributed by atoms with E-state index in [9.17, 15) is 4.79 Å². The van der Waals surface area contributed by atoms with E-state index >= 15 is 0 Å². The maximum Gasteiger partial charge on any atom is 0.223 e. The molecule has 7 aliphatic carbocycles. The van der Waals surface area contributed by atoms with Gasteiger partial charge in [0.1, 0.15) is 0 Å². The Balaban J connectivity index is 1.22. The van der Waals surface area contributed by atoms with E-state index in [1.54, 1.807) is 6.42 Å².